The highest BCUT2D eigenvalue weighted by Crippen LogP contribution is 2.33. The third-order valence-corrected chi connectivity index (χ3v) is 4.42. The molecule has 0 fully saturated rings. The molecule has 4 rings (SSSR count). The molecule has 128 valence electrons. The van der Waals surface area contributed by atoms with Crippen molar-refractivity contribution in [3.05, 3.63) is 52.7 Å². The first-order chi connectivity index (χ1) is 12.1. The van der Waals surface area contributed by atoms with Gasteiger partial charge in [-0.05, 0) is 37.0 Å². The predicted octanol–water partition coefficient (Wildman–Crippen LogP) is 3.01. The summed E-state index contributed by atoms with van der Waals surface area (Å²) in [5.74, 6) is 1.63. The topological polar surface area (TPSA) is 94.1 Å². The highest BCUT2D eigenvalue weighted by Gasteiger charge is 2.26. The van der Waals surface area contributed by atoms with Gasteiger partial charge in [0.05, 0.1) is 6.04 Å². The summed E-state index contributed by atoms with van der Waals surface area (Å²) in [6, 6.07) is 7.68. The molecule has 1 aliphatic rings. The zero-order chi connectivity index (χ0) is 17.4. The normalized spacial score (nSPS) is 16.0. The van der Waals surface area contributed by atoms with E-state index in [2.05, 4.69) is 26.7 Å². The lowest BCUT2D eigenvalue weighted by atomic mass is 10.0. The molecule has 25 heavy (non-hydrogen) atoms. The van der Waals surface area contributed by atoms with Crippen molar-refractivity contribution in [2.24, 2.45) is 0 Å². The number of fused-ring (bicyclic) bond motifs is 1. The van der Waals surface area contributed by atoms with Crippen LogP contribution in [0.1, 0.15) is 52.7 Å². The average molecular weight is 338 g/mol. The maximum absolute atomic E-state index is 12.3. The number of nitrogens with zero attached hydrogens (tertiary/aromatic N) is 3. The summed E-state index contributed by atoms with van der Waals surface area (Å²) >= 11 is 0. The van der Waals surface area contributed by atoms with Gasteiger partial charge in [0.15, 0.2) is 5.69 Å². The number of nitrogens with one attached hydrogen (secondary N) is 1. The molecule has 1 aromatic carbocycles. The second kappa shape index (κ2) is 6.16. The van der Waals surface area contributed by atoms with Crippen molar-refractivity contribution in [3.63, 3.8) is 0 Å². The smallest absolute Gasteiger partial charge is 0.273 e. The molecule has 2 aromatic heterocycles. The van der Waals surface area contributed by atoms with E-state index >= 15 is 0 Å². The van der Waals surface area contributed by atoms with Crippen molar-refractivity contribution in [1.29, 1.82) is 0 Å². The maximum Gasteiger partial charge on any atom is 0.273 e. The Morgan fingerprint density at radius 3 is 2.88 bits per heavy atom. The van der Waals surface area contributed by atoms with E-state index in [0.717, 1.165) is 24.0 Å². The van der Waals surface area contributed by atoms with Crippen molar-refractivity contribution in [2.75, 3.05) is 0 Å². The van der Waals surface area contributed by atoms with Crippen LogP contribution in [0.3, 0.4) is 0 Å². The van der Waals surface area contributed by atoms with E-state index in [-0.39, 0.29) is 11.9 Å². The van der Waals surface area contributed by atoms with Crippen LogP contribution in [0.15, 0.2) is 33.3 Å². The van der Waals surface area contributed by atoms with Gasteiger partial charge >= 0.3 is 0 Å². The molecule has 0 bridgehead atoms. The molecular weight excluding hydrogens is 320 g/mol. The minimum absolute atomic E-state index is 0.0231. The number of carbonyl (C=O) groups is 1. The standard InChI is InChI=1S/C18H18N4O3/c1-3-16-20-17(22-25-16)12-4-6-13-11(9-12)5-7-14(13)19-18(23)15-8-10(2)24-21-15/h4,6,8-9,14H,3,5,7H2,1-2H3,(H,19,23)/t14-/m1/s1. The quantitative estimate of drug-likeness (QED) is 0.786. The van der Waals surface area contributed by atoms with Crippen LogP contribution >= 0.6 is 0 Å². The molecule has 1 amide bonds. The van der Waals surface area contributed by atoms with Crippen molar-refractivity contribution < 1.29 is 13.8 Å². The number of benzene rings is 1. The van der Waals surface area contributed by atoms with Crippen LogP contribution in [-0.2, 0) is 12.8 Å². The highest BCUT2D eigenvalue weighted by molar-refractivity contribution is 5.92. The van der Waals surface area contributed by atoms with Gasteiger partial charge in [-0.3, -0.25) is 4.79 Å². The summed E-state index contributed by atoms with van der Waals surface area (Å²) in [7, 11) is 0. The van der Waals surface area contributed by atoms with E-state index in [9.17, 15) is 4.79 Å². The van der Waals surface area contributed by atoms with Crippen LogP contribution in [0, 0.1) is 6.92 Å². The monoisotopic (exact) mass is 338 g/mol. The van der Waals surface area contributed by atoms with Gasteiger partial charge in [-0.2, -0.15) is 4.98 Å². The number of aromatic nitrogens is 3. The first-order valence-corrected chi connectivity index (χ1v) is 8.34. The van der Waals surface area contributed by atoms with Crippen LogP contribution in [0.25, 0.3) is 11.4 Å². The summed E-state index contributed by atoms with van der Waals surface area (Å²) in [5, 5.41) is 10.8. The van der Waals surface area contributed by atoms with Crippen molar-refractivity contribution in [2.45, 2.75) is 39.2 Å². The first kappa shape index (κ1) is 15.6. The number of amides is 1. The van der Waals surface area contributed by atoms with Crippen molar-refractivity contribution in [3.8, 4) is 11.4 Å². The zero-order valence-corrected chi connectivity index (χ0v) is 14.1. The Morgan fingerprint density at radius 2 is 2.16 bits per heavy atom. The summed E-state index contributed by atoms with van der Waals surface area (Å²) < 4.78 is 10.1. The molecule has 3 aromatic rings. The van der Waals surface area contributed by atoms with Gasteiger partial charge in [0.2, 0.25) is 11.7 Å². The van der Waals surface area contributed by atoms with E-state index < -0.39 is 0 Å². The van der Waals surface area contributed by atoms with E-state index in [0.29, 0.717) is 29.6 Å². The van der Waals surface area contributed by atoms with E-state index in [1.165, 1.54) is 5.56 Å². The maximum atomic E-state index is 12.3. The van der Waals surface area contributed by atoms with Crippen LogP contribution in [-0.4, -0.2) is 21.2 Å². The van der Waals surface area contributed by atoms with Gasteiger partial charge in [-0.15, -0.1) is 0 Å². The Bertz CT molecular complexity index is 928. The number of carbonyl (C=O) groups excluding carboxylic acids is 1. The molecule has 0 unspecified atom stereocenters. The summed E-state index contributed by atoms with van der Waals surface area (Å²) in [4.78, 5) is 16.6. The van der Waals surface area contributed by atoms with Gasteiger partial charge < -0.3 is 14.4 Å². The molecule has 0 spiro atoms. The van der Waals surface area contributed by atoms with Crippen molar-refractivity contribution in [1.82, 2.24) is 20.6 Å². The van der Waals surface area contributed by atoms with E-state index in [1.54, 1.807) is 13.0 Å². The molecule has 1 aliphatic carbocycles. The summed E-state index contributed by atoms with van der Waals surface area (Å²) in [6.45, 7) is 3.74. The van der Waals surface area contributed by atoms with Crippen LogP contribution in [0.4, 0.5) is 0 Å². The van der Waals surface area contributed by atoms with Gasteiger partial charge in [-0.25, -0.2) is 0 Å². The first-order valence-electron chi connectivity index (χ1n) is 8.34. The van der Waals surface area contributed by atoms with Gasteiger partial charge in [0.1, 0.15) is 5.76 Å². The lowest BCUT2D eigenvalue weighted by Gasteiger charge is -2.13. The molecule has 7 nitrogen and oxygen atoms in total. The van der Waals surface area contributed by atoms with E-state index in [1.807, 2.05) is 19.1 Å². The molecule has 7 heteroatoms. The molecular formula is C18H18N4O3. The number of rotatable bonds is 4. The summed E-state index contributed by atoms with van der Waals surface area (Å²) in [5.41, 5.74) is 3.56. The van der Waals surface area contributed by atoms with Crippen LogP contribution in [0.5, 0.6) is 0 Å². The van der Waals surface area contributed by atoms with Crippen LogP contribution in [0.2, 0.25) is 0 Å². The lowest BCUT2D eigenvalue weighted by molar-refractivity contribution is 0.0927. The molecule has 0 saturated carbocycles. The fraction of sp³-hybridized carbons (Fsp3) is 0.333. The second-order valence-corrected chi connectivity index (χ2v) is 6.17. The minimum atomic E-state index is -0.218. The Balaban J connectivity index is 1.54. The fourth-order valence-electron chi connectivity index (χ4n) is 3.13. The van der Waals surface area contributed by atoms with Gasteiger partial charge in [0.25, 0.3) is 5.91 Å². The Labute approximate surface area is 144 Å². The number of aryl methyl sites for hydroxylation is 3. The average Bonchev–Trinajstić information content (AvgIpc) is 3.34. The van der Waals surface area contributed by atoms with Crippen molar-refractivity contribution >= 4 is 5.91 Å². The van der Waals surface area contributed by atoms with Gasteiger partial charge in [0, 0.05) is 18.1 Å². The fourth-order valence-corrected chi connectivity index (χ4v) is 3.13. The predicted molar refractivity (Wildman–Crippen MR) is 88.9 cm³/mol. The SMILES string of the molecule is CCc1nc(-c2ccc3c(c2)CC[C@H]3NC(=O)c2cc(C)on2)no1. The second-order valence-electron chi connectivity index (χ2n) is 6.17. The lowest BCUT2D eigenvalue weighted by Crippen LogP contribution is -2.27. The largest absolute Gasteiger partial charge is 0.361 e. The third kappa shape index (κ3) is 2.93. The third-order valence-electron chi connectivity index (χ3n) is 4.42. The summed E-state index contributed by atoms with van der Waals surface area (Å²) in [6.07, 6.45) is 2.46. The van der Waals surface area contributed by atoms with Gasteiger partial charge in [-0.1, -0.05) is 29.4 Å². The Morgan fingerprint density at radius 1 is 1.28 bits per heavy atom. The molecule has 1 atom stereocenters. The molecule has 0 radical (unpaired) electrons. The van der Waals surface area contributed by atoms with Crippen LogP contribution < -0.4 is 5.32 Å². The number of hydrogen-bond donors (Lipinski definition) is 1. The Hall–Kier alpha value is -2.96. The zero-order valence-electron chi connectivity index (χ0n) is 14.1. The molecule has 1 N–H and O–H groups in total. The molecule has 0 aliphatic heterocycles. The highest BCUT2D eigenvalue weighted by atomic mass is 16.5. The minimum Gasteiger partial charge on any atom is -0.361 e. The van der Waals surface area contributed by atoms with E-state index in [4.69, 9.17) is 9.05 Å². The Kier molecular flexibility index (Phi) is 3.83. The molecule has 2 heterocycles. The molecule has 0 saturated heterocycles. The number of hydrogen-bond acceptors (Lipinski definition) is 6.